The van der Waals surface area contributed by atoms with Crippen molar-refractivity contribution in [2.45, 2.75) is 12.3 Å². The number of anilines is 1. The molecule has 0 aromatic heterocycles. The van der Waals surface area contributed by atoms with E-state index in [0.29, 0.717) is 6.61 Å². The van der Waals surface area contributed by atoms with Crippen LogP contribution in [0.2, 0.25) is 5.02 Å². The number of fused-ring (bicyclic) bond motifs is 1. The Bertz CT molecular complexity index is 976. The van der Waals surface area contributed by atoms with Crippen molar-refractivity contribution in [2.24, 2.45) is 0 Å². The molecule has 2 aromatic carbocycles. The molecule has 1 atom stereocenters. The topological polar surface area (TPSA) is 15.7 Å². The van der Waals surface area contributed by atoms with Crippen molar-refractivity contribution in [2.75, 3.05) is 39.2 Å². The van der Waals surface area contributed by atoms with Crippen molar-refractivity contribution in [3.8, 4) is 0 Å². The molecule has 0 N–H and O–H groups in total. The van der Waals surface area contributed by atoms with Gasteiger partial charge in [0.1, 0.15) is 6.61 Å². The highest BCUT2D eigenvalue weighted by atomic mass is 35.5. The van der Waals surface area contributed by atoms with Crippen LogP contribution in [0.1, 0.15) is 17.0 Å². The number of nitrogens with zero attached hydrogens (tertiary/aromatic N) is 2. The van der Waals surface area contributed by atoms with E-state index in [2.05, 4.69) is 71.5 Å². The first kappa shape index (κ1) is 19.7. The van der Waals surface area contributed by atoms with E-state index in [1.54, 1.807) is 0 Å². The maximum Gasteiger partial charge on any atom is 0.289 e. The zero-order valence-corrected chi connectivity index (χ0v) is 17.9. The van der Waals surface area contributed by atoms with E-state index in [4.69, 9.17) is 16.3 Å². The van der Waals surface area contributed by atoms with Gasteiger partial charge in [0.2, 0.25) is 0 Å². The Morgan fingerprint density at radius 3 is 2.66 bits per heavy atom. The molecule has 0 fully saturated rings. The fraction of sp³-hybridized carbons (Fsp3) is 0.280. The second-order valence-electron chi connectivity index (χ2n) is 7.78. The zero-order chi connectivity index (χ0) is 20.4. The van der Waals surface area contributed by atoms with Crippen molar-refractivity contribution in [3.05, 3.63) is 99.9 Å². The molecule has 1 aliphatic carbocycles. The van der Waals surface area contributed by atoms with E-state index >= 15 is 0 Å². The molecule has 4 heteroatoms. The van der Waals surface area contributed by atoms with Crippen LogP contribution in [0.3, 0.4) is 0 Å². The summed E-state index contributed by atoms with van der Waals surface area (Å²) in [7, 11) is 6.19. The first-order valence-electron chi connectivity index (χ1n) is 9.94. The quantitative estimate of drug-likeness (QED) is 0.614. The van der Waals surface area contributed by atoms with Gasteiger partial charge in [-0.25, -0.2) is 0 Å². The van der Waals surface area contributed by atoms with Gasteiger partial charge in [-0.2, -0.15) is 0 Å². The number of hydrogen-bond acceptors (Lipinski definition) is 3. The summed E-state index contributed by atoms with van der Waals surface area (Å²) in [5.74, 6) is 1.00. The molecule has 2 aromatic rings. The minimum Gasteiger partial charge on any atom is -0.464 e. The maximum atomic E-state index is 6.33. The second-order valence-corrected chi connectivity index (χ2v) is 8.21. The molecule has 1 heterocycles. The van der Waals surface area contributed by atoms with Crippen LogP contribution in [-0.4, -0.2) is 39.2 Å². The number of likely N-dealkylation sites (N-methyl/N-ethyl adjacent to an activating group) is 2. The first-order valence-corrected chi connectivity index (χ1v) is 10.3. The summed E-state index contributed by atoms with van der Waals surface area (Å²) in [5.41, 5.74) is 6.06. The van der Waals surface area contributed by atoms with Crippen LogP contribution in [0.15, 0.2) is 77.7 Å². The van der Waals surface area contributed by atoms with Gasteiger partial charge >= 0.3 is 0 Å². The summed E-state index contributed by atoms with van der Waals surface area (Å²) in [4.78, 5) is 4.32. The Morgan fingerprint density at radius 2 is 1.90 bits per heavy atom. The van der Waals surface area contributed by atoms with Crippen molar-refractivity contribution in [1.82, 2.24) is 4.90 Å². The fourth-order valence-electron chi connectivity index (χ4n) is 3.91. The summed E-state index contributed by atoms with van der Waals surface area (Å²) >= 11 is 6.33. The van der Waals surface area contributed by atoms with Crippen LogP contribution < -0.4 is 4.90 Å². The molecule has 4 rings (SSSR count). The Kier molecular flexibility index (Phi) is 5.73. The Morgan fingerprint density at radius 1 is 1.10 bits per heavy atom. The van der Waals surface area contributed by atoms with Gasteiger partial charge in [-0.05, 0) is 43.8 Å². The standard InChI is InChI=1S/C25H26ClN2O/c1-27(2)13-14-29-20-10-12-24-23(17-20)22(15-18-7-5-4-6-8-18)21-11-9-19(26)16-25(21)28(24)3/h4-12,16,22H,13-15H2,1-3H3/q+1. The van der Waals surface area contributed by atoms with Gasteiger partial charge in [0.15, 0.2) is 11.3 Å². The van der Waals surface area contributed by atoms with Crippen LogP contribution in [-0.2, 0) is 11.2 Å². The van der Waals surface area contributed by atoms with Gasteiger partial charge in [0.05, 0.1) is 29.8 Å². The molecule has 0 bridgehead atoms. The fourth-order valence-corrected chi connectivity index (χ4v) is 4.08. The van der Waals surface area contributed by atoms with Gasteiger partial charge in [-0.3, -0.25) is 4.90 Å². The normalized spacial score (nSPS) is 17.6. The number of rotatable bonds is 6. The molecule has 0 saturated carbocycles. The molecular formula is C25H26ClN2O+. The Hall–Kier alpha value is -2.58. The molecule has 0 saturated heterocycles. The van der Waals surface area contributed by atoms with Gasteiger partial charge < -0.3 is 9.64 Å². The van der Waals surface area contributed by atoms with E-state index in [1.165, 1.54) is 16.7 Å². The lowest BCUT2D eigenvalue weighted by Gasteiger charge is -2.31. The van der Waals surface area contributed by atoms with Crippen molar-refractivity contribution >= 4 is 17.3 Å². The lowest BCUT2D eigenvalue weighted by Crippen LogP contribution is -2.28. The molecule has 0 spiro atoms. The van der Waals surface area contributed by atoms with E-state index in [-0.39, 0.29) is 5.92 Å². The molecule has 29 heavy (non-hydrogen) atoms. The molecule has 1 unspecified atom stereocenters. The number of hydrogen-bond donors (Lipinski definition) is 0. The van der Waals surface area contributed by atoms with Crippen LogP contribution in [0.4, 0.5) is 5.69 Å². The molecule has 0 amide bonds. The van der Waals surface area contributed by atoms with Gasteiger partial charge in [0.25, 0.3) is 5.76 Å². The predicted molar refractivity (Wildman–Crippen MR) is 120 cm³/mol. The minimum atomic E-state index is 0.202. The lowest BCUT2D eigenvalue weighted by molar-refractivity contribution is 0.191. The predicted octanol–water partition coefficient (Wildman–Crippen LogP) is 5.21. The average Bonchev–Trinajstić information content (AvgIpc) is 2.71. The van der Waals surface area contributed by atoms with Crippen LogP contribution in [0.25, 0.3) is 0 Å². The number of ether oxygens (including phenoxy) is 1. The third-order valence-electron chi connectivity index (χ3n) is 5.44. The van der Waals surface area contributed by atoms with E-state index in [1.807, 2.05) is 26.2 Å². The summed E-state index contributed by atoms with van der Waals surface area (Å²) in [6, 6.07) is 16.8. The van der Waals surface area contributed by atoms with E-state index < -0.39 is 0 Å². The summed E-state index contributed by atoms with van der Waals surface area (Å²) in [5, 5.41) is 0.755. The summed E-state index contributed by atoms with van der Waals surface area (Å²) in [6.45, 7) is 1.52. The maximum absolute atomic E-state index is 6.33. The van der Waals surface area contributed by atoms with Crippen molar-refractivity contribution in [1.29, 1.82) is 0 Å². The largest absolute Gasteiger partial charge is 0.464 e. The van der Waals surface area contributed by atoms with Crippen molar-refractivity contribution < 1.29 is 4.74 Å². The minimum absolute atomic E-state index is 0.202. The highest BCUT2D eigenvalue weighted by Gasteiger charge is 2.37. The van der Waals surface area contributed by atoms with Crippen LogP contribution >= 0.6 is 11.6 Å². The molecule has 2 aliphatic rings. The number of allylic oxidation sites excluding steroid dienone is 4. The summed E-state index contributed by atoms with van der Waals surface area (Å²) in [6.07, 6.45) is 8.64. The lowest BCUT2D eigenvalue weighted by atomic mass is 9.79. The van der Waals surface area contributed by atoms with E-state index in [0.717, 1.165) is 35.1 Å². The Labute approximate surface area is 178 Å². The SMILES string of the molecule is CN(C)CCOC1=[C+]C2=C(C=C1)N(C)c1cc(Cl)ccc1C2Cc1ccccc1. The van der Waals surface area contributed by atoms with Gasteiger partial charge in [-0.1, -0.05) is 48.0 Å². The van der Waals surface area contributed by atoms with Crippen LogP contribution in [0, 0.1) is 6.08 Å². The second kappa shape index (κ2) is 8.42. The highest BCUT2D eigenvalue weighted by Crippen LogP contribution is 2.45. The number of halogens is 1. The third-order valence-corrected chi connectivity index (χ3v) is 5.68. The molecular weight excluding hydrogens is 380 g/mol. The molecule has 3 nitrogen and oxygen atoms in total. The highest BCUT2D eigenvalue weighted by molar-refractivity contribution is 6.30. The van der Waals surface area contributed by atoms with Gasteiger partial charge in [-0.15, -0.1) is 0 Å². The van der Waals surface area contributed by atoms with Gasteiger partial charge in [0, 0.05) is 18.6 Å². The average molecular weight is 406 g/mol. The molecule has 0 radical (unpaired) electrons. The van der Waals surface area contributed by atoms with E-state index in [9.17, 15) is 0 Å². The number of benzene rings is 2. The third kappa shape index (κ3) is 4.23. The Balaban J connectivity index is 1.72. The zero-order valence-electron chi connectivity index (χ0n) is 17.2. The first-order chi connectivity index (χ1) is 14.0. The monoisotopic (exact) mass is 405 g/mol. The summed E-state index contributed by atoms with van der Waals surface area (Å²) < 4.78 is 5.99. The smallest absolute Gasteiger partial charge is 0.289 e. The molecule has 1 aliphatic heterocycles. The van der Waals surface area contributed by atoms with Crippen molar-refractivity contribution in [3.63, 3.8) is 0 Å². The van der Waals surface area contributed by atoms with Crippen LogP contribution in [0.5, 0.6) is 0 Å². The molecule has 148 valence electrons.